The lowest BCUT2D eigenvalue weighted by molar-refractivity contribution is -0.384. The highest BCUT2D eigenvalue weighted by atomic mass is 35.5. The summed E-state index contributed by atoms with van der Waals surface area (Å²) in [6.07, 6.45) is 0. The number of benzene rings is 4. The van der Waals surface area contributed by atoms with Crippen LogP contribution in [0.25, 0.3) is 10.8 Å². The summed E-state index contributed by atoms with van der Waals surface area (Å²) in [5, 5.41) is 12.7. The fourth-order valence-corrected chi connectivity index (χ4v) is 4.74. The maximum atomic E-state index is 13.7. The minimum atomic E-state index is -0.633. The highest BCUT2D eigenvalue weighted by molar-refractivity contribution is 6.34. The molecule has 0 atom stereocenters. The molecule has 0 aromatic heterocycles. The van der Waals surface area contributed by atoms with Gasteiger partial charge in [0.2, 0.25) is 0 Å². The Kier molecular flexibility index (Phi) is 6.52. The lowest BCUT2D eigenvalue weighted by Gasteiger charge is -2.30. The second-order valence-electron chi connectivity index (χ2n) is 8.55. The third-order valence-electron chi connectivity index (χ3n) is 6.40. The van der Waals surface area contributed by atoms with Gasteiger partial charge in [-0.15, -0.1) is 0 Å². The fraction of sp³-hybridized carbons (Fsp3) is 0.107. The predicted octanol–water partition coefficient (Wildman–Crippen LogP) is 5.35. The van der Waals surface area contributed by atoms with Gasteiger partial charge >= 0.3 is 0 Å². The first kappa shape index (κ1) is 24.9. The lowest BCUT2D eigenvalue weighted by Crippen LogP contribution is -2.46. The number of anilines is 1. The number of carbonyl (C=O) groups is 3. The number of methoxy groups -OCH3 is 1. The fourth-order valence-electron chi connectivity index (χ4n) is 4.55. The SMILES string of the molecule is COc1cccc(N(CCN2C(=O)c3cccc4cccc(c34)C2=O)C(=O)c2cc([N+](=O)[O-])ccc2Cl)c1. The van der Waals surface area contributed by atoms with Crippen LogP contribution in [-0.4, -0.2) is 47.7 Å². The normalized spacial score (nSPS) is 12.5. The molecule has 9 nitrogen and oxygen atoms in total. The minimum absolute atomic E-state index is 0.0271. The number of nitro groups is 1. The van der Waals surface area contributed by atoms with Gasteiger partial charge < -0.3 is 9.64 Å². The minimum Gasteiger partial charge on any atom is -0.497 e. The van der Waals surface area contributed by atoms with Crippen LogP contribution in [-0.2, 0) is 0 Å². The molecule has 5 rings (SSSR count). The number of nitrogens with zero attached hydrogens (tertiary/aromatic N) is 3. The highest BCUT2D eigenvalue weighted by Crippen LogP contribution is 2.31. The monoisotopic (exact) mass is 529 g/mol. The van der Waals surface area contributed by atoms with E-state index in [1.165, 1.54) is 24.1 Å². The summed E-state index contributed by atoms with van der Waals surface area (Å²) in [7, 11) is 1.48. The first-order chi connectivity index (χ1) is 18.3. The number of hydrogen-bond donors (Lipinski definition) is 0. The summed E-state index contributed by atoms with van der Waals surface area (Å²) >= 11 is 6.27. The standard InChI is InChI=1S/C28H20ClN3O6/c1-38-20-8-4-7-18(15-20)30(28(35)23-16-19(32(36)37)11-12-24(23)29)13-14-31-26(33)21-9-2-5-17-6-3-10-22(25(17)21)27(31)34/h2-12,15-16H,13-14H2,1H3. The maximum Gasteiger partial charge on any atom is 0.270 e. The van der Waals surface area contributed by atoms with Gasteiger partial charge in [-0.3, -0.25) is 29.4 Å². The van der Waals surface area contributed by atoms with E-state index in [9.17, 15) is 24.5 Å². The Bertz CT molecular complexity index is 1590. The number of halogens is 1. The summed E-state index contributed by atoms with van der Waals surface area (Å²) in [5.41, 5.74) is 0.818. The van der Waals surface area contributed by atoms with E-state index in [1.54, 1.807) is 48.5 Å². The van der Waals surface area contributed by atoms with E-state index in [-0.39, 0.29) is 29.4 Å². The van der Waals surface area contributed by atoms with E-state index >= 15 is 0 Å². The molecular weight excluding hydrogens is 510 g/mol. The van der Waals surface area contributed by atoms with E-state index < -0.39 is 22.6 Å². The summed E-state index contributed by atoms with van der Waals surface area (Å²) in [4.78, 5) is 53.6. The summed E-state index contributed by atoms with van der Waals surface area (Å²) in [6.45, 7) is -0.224. The Morgan fingerprint density at radius 3 is 2.26 bits per heavy atom. The number of rotatable bonds is 7. The molecule has 0 radical (unpaired) electrons. The smallest absolute Gasteiger partial charge is 0.270 e. The molecular formula is C28H20ClN3O6. The zero-order valence-electron chi connectivity index (χ0n) is 20.1. The zero-order valence-corrected chi connectivity index (χ0v) is 20.8. The number of ether oxygens (including phenoxy) is 1. The number of nitro benzene ring substituents is 1. The van der Waals surface area contributed by atoms with Crippen molar-refractivity contribution in [2.45, 2.75) is 0 Å². The quantitative estimate of drug-likeness (QED) is 0.181. The van der Waals surface area contributed by atoms with Crippen LogP contribution in [0.3, 0.4) is 0 Å². The Balaban J connectivity index is 1.51. The molecule has 10 heteroatoms. The molecule has 3 amide bonds. The van der Waals surface area contributed by atoms with Gasteiger partial charge in [-0.05, 0) is 35.7 Å². The van der Waals surface area contributed by atoms with Crippen molar-refractivity contribution in [2.24, 2.45) is 0 Å². The first-order valence-corrected chi connectivity index (χ1v) is 12.0. The molecule has 0 saturated heterocycles. The van der Waals surface area contributed by atoms with Gasteiger partial charge in [0.1, 0.15) is 5.75 Å². The second kappa shape index (κ2) is 9.95. The van der Waals surface area contributed by atoms with Crippen LogP contribution >= 0.6 is 11.6 Å². The second-order valence-corrected chi connectivity index (χ2v) is 8.96. The Labute approximate surface area is 221 Å². The van der Waals surface area contributed by atoms with Gasteiger partial charge in [0.05, 0.1) is 22.6 Å². The van der Waals surface area contributed by atoms with E-state index in [1.807, 2.05) is 12.1 Å². The highest BCUT2D eigenvalue weighted by Gasteiger charge is 2.33. The third-order valence-corrected chi connectivity index (χ3v) is 6.73. The van der Waals surface area contributed by atoms with Crippen molar-refractivity contribution in [1.82, 2.24) is 4.90 Å². The average Bonchev–Trinajstić information content (AvgIpc) is 2.93. The Morgan fingerprint density at radius 2 is 1.63 bits per heavy atom. The van der Waals surface area contributed by atoms with Gasteiger partial charge in [-0.2, -0.15) is 0 Å². The van der Waals surface area contributed by atoms with Crippen LogP contribution in [0, 0.1) is 10.1 Å². The van der Waals surface area contributed by atoms with Crippen LogP contribution in [0.4, 0.5) is 11.4 Å². The molecule has 0 N–H and O–H groups in total. The van der Waals surface area contributed by atoms with Crippen molar-refractivity contribution in [3.05, 3.63) is 111 Å². The molecule has 0 bridgehead atoms. The molecule has 0 spiro atoms. The molecule has 1 aliphatic heterocycles. The molecule has 0 fully saturated rings. The van der Waals surface area contributed by atoms with Crippen molar-refractivity contribution in [1.29, 1.82) is 0 Å². The first-order valence-electron chi connectivity index (χ1n) is 11.6. The number of hydrogen-bond acceptors (Lipinski definition) is 6. The molecule has 0 unspecified atom stereocenters. The van der Waals surface area contributed by atoms with Gasteiger partial charge in [0, 0.05) is 53.5 Å². The molecule has 0 saturated carbocycles. The van der Waals surface area contributed by atoms with Crippen LogP contribution in [0.1, 0.15) is 31.1 Å². The van der Waals surface area contributed by atoms with Gasteiger partial charge in [0.25, 0.3) is 23.4 Å². The summed E-state index contributed by atoms with van der Waals surface area (Å²) in [6, 6.07) is 20.8. The Morgan fingerprint density at radius 1 is 0.974 bits per heavy atom. The van der Waals surface area contributed by atoms with Crippen LogP contribution in [0.5, 0.6) is 5.75 Å². The lowest BCUT2D eigenvalue weighted by atomic mass is 9.94. The maximum absolute atomic E-state index is 13.7. The zero-order chi connectivity index (χ0) is 27.0. The van der Waals surface area contributed by atoms with Crippen molar-refractivity contribution in [3.63, 3.8) is 0 Å². The van der Waals surface area contributed by atoms with Gasteiger partial charge in [-0.25, -0.2) is 0 Å². The van der Waals surface area contributed by atoms with E-state index in [0.29, 0.717) is 28.0 Å². The average molecular weight is 530 g/mol. The van der Waals surface area contributed by atoms with Crippen LogP contribution < -0.4 is 9.64 Å². The summed E-state index contributed by atoms with van der Waals surface area (Å²) in [5.74, 6) is -1.10. The number of non-ortho nitro benzene ring substituents is 1. The van der Waals surface area contributed by atoms with E-state index in [4.69, 9.17) is 16.3 Å². The number of amides is 3. The van der Waals surface area contributed by atoms with Crippen molar-refractivity contribution in [3.8, 4) is 5.75 Å². The van der Waals surface area contributed by atoms with Crippen molar-refractivity contribution < 1.29 is 24.0 Å². The predicted molar refractivity (Wildman–Crippen MR) is 142 cm³/mol. The van der Waals surface area contributed by atoms with Crippen molar-refractivity contribution >= 4 is 51.5 Å². The van der Waals surface area contributed by atoms with Gasteiger partial charge in [0.15, 0.2) is 0 Å². The van der Waals surface area contributed by atoms with E-state index in [2.05, 4.69) is 0 Å². The molecule has 0 aliphatic carbocycles. The third kappa shape index (κ3) is 4.33. The molecule has 1 heterocycles. The number of carbonyl (C=O) groups excluding carboxylic acids is 3. The van der Waals surface area contributed by atoms with Crippen LogP contribution in [0.15, 0.2) is 78.9 Å². The molecule has 4 aromatic rings. The van der Waals surface area contributed by atoms with E-state index in [0.717, 1.165) is 16.4 Å². The molecule has 38 heavy (non-hydrogen) atoms. The van der Waals surface area contributed by atoms with Crippen LogP contribution in [0.2, 0.25) is 5.02 Å². The number of imide groups is 1. The largest absolute Gasteiger partial charge is 0.497 e. The van der Waals surface area contributed by atoms with Gasteiger partial charge in [-0.1, -0.05) is 41.9 Å². The molecule has 190 valence electrons. The van der Waals surface area contributed by atoms with Crippen molar-refractivity contribution in [2.75, 3.05) is 25.1 Å². The Hall–Kier alpha value is -4.76. The topological polar surface area (TPSA) is 110 Å². The molecule has 4 aromatic carbocycles. The summed E-state index contributed by atoms with van der Waals surface area (Å²) < 4.78 is 5.29. The molecule has 1 aliphatic rings.